The number of carbonyl (C=O) groups is 1. The standard InChI is InChI=1S/C15H9ClF2N2O2S/c16-8-1-4-11-13(5-8)22-15(20-11)23-7-14(21)19-12-6-9(17)2-3-10(12)18/h1-6H,7H2,(H,19,21). The maximum absolute atomic E-state index is 13.4. The van der Waals surface area contributed by atoms with Gasteiger partial charge in [-0.3, -0.25) is 4.79 Å². The van der Waals surface area contributed by atoms with Gasteiger partial charge in [-0.05, 0) is 24.3 Å². The van der Waals surface area contributed by atoms with E-state index in [1.807, 2.05) is 0 Å². The highest BCUT2D eigenvalue weighted by molar-refractivity contribution is 7.99. The van der Waals surface area contributed by atoms with Crippen LogP contribution in [0.2, 0.25) is 5.02 Å². The molecule has 0 fully saturated rings. The van der Waals surface area contributed by atoms with Gasteiger partial charge in [-0.25, -0.2) is 13.8 Å². The third-order valence-corrected chi connectivity index (χ3v) is 3.92. The number of benzene rings is 2. The number of hydrogen-bond donors (Lipinski definition) is 1. The average molecular weight is 355 g/mol. The maximum Gasteiger partial charge on any atom is 0.257 e. The van der Waals surface area contributed by atoms with Crippen molar-refractivity contribution in [1.82, 2.24) is 4.98 Å². The Labute approximate surface area is 138 Å². The molecule has 0 spiro atoms. The van der Waals surface area contributed by atoms with Gasteiger partial charge in [0.2, 0.25) is 5.91 Å². The predicted molar refractivity (Wildman–Crippen MR) is 84.7 cm³/mol. The number of fused-ring (bicyclic) bond motifs is 1. The summed E-state index contributed by atoms with van der Waals surface area (Å²) in [5.41, 5.74) is 0.921. The minimum absolute atomic E-state index is 0.0590. The molecule has 23 heavy (non-hydrogen) atoms. The molecule has 0 saturated carbocycles. The normalized spacial score (nSPS) is 10.9. The Morgan fingerprint density at radius 3 is 2.91 bits per heavy atom. The molecule has 2 aromatic carbocycles. The van der Waals surface area contributed by atoms with Gasteiger partial charge in [0, 0.05) is 17.2 Å². The van der Waals surface area contributed by atoms with Gasteiger partial charge in [-0.1, -0.05) is 23.4 Å². The van der Waals surface area contributed by atoms with Gasteiger partial charge in [0.1, 0.15) is 17.2 Å². The Bertz CT molecular complexity index is 885. The zero-order valence-electron chi connectivity index (χ0n) is 11.5. The molecule has 0 aliphatic carbocycles. The zero-order valence-corrected chi connectivity index (χ0v) is 13.0. The van der Waals surface area contributed by atoms with Crippen LogP contribution in [0, 0.1) is 11.6 Å². The monoisotopic (exact) mass is 354 g/mol. The third-order valence-electron chi connectivity index (χ3n) is 2.86. The van der Waals surface area contributed by atoms with Crippen LogP contribution in [0.3, 0.4) is 0 Å². The summed E-state index contributed by atoms with van der Waals surface area (Å²) in [7, 11) is 0. The van der Waals surface area contributed by atoms with E-state index in [0.717, 1.165) is 30.0 Å². The van der Waals surface area contributed by atoms with Crippen molar-refractivity contribution in [3.63, 3.8) is 0 Å². The number of nitrogens with one attached hydrogen (secondary N) is 1. The van der Waals surface area contributed by atoms with Crippen LogP contribution in [-0.2, 0) is 4.79 Å². The molecular weight excluding hydrogens is 346 g/mol. The second-order valence-corrected chi connectivity index (χ2v) is 5.92. The van der Waals surface area contributed by atoms with Gasteiger partial charge >= 0.3 is 0 Å². The minimum atomic E-state index is -0.707. The first-order valence-electron chi connectivity index (χ1n) is 6.45. The summed E-state index contributed by atoms with van der Waals surface area (Å²) in [5.74, 6) is -1.90. The number of oxazole rings is 1. The highest BCUT2D eigenvalue weighted by atomic mass is 35.5. The summed E-state index contributed by atoms with van der Waals surface area (Å²) in [6.45, 7) is 0. The van der Waals surface area contributed by atoms with Gasteiger partial charge in [0.05, 0.1) is 11.4 Å². The van der Waals surface area contributed by atoms with Gasteiger partial charge in [-0.2, -0.15) is 0 Å². The summed E-state index contributed by atoms with van der Waals surface area (Å²) in [6, 6.07) is 7.84. The topological polar surface area (TPSA) is 55.1 Å². The molecule has 8 heteroatoms. The molecule has 0 aliphatic rings. The smallest absolute Gasteiger partial charge is 0.257 e. The Hall–Kier alpha value is -2.12. The second kappa shape index (κ2) is 6.55. The van der Waals surface area contributed by atoms with Crippen LogP contribution in [0.25, 0.3) is 11.1 Å². The first-order valence-corrected chi connectivity index (χ1v) is 7.81. The van der Waals surface area contributed by atoms with Gasteiger partial charge in [-0.15, -0.1) is 0 Å². The van der Waals surface area contributed by atoms with E-state index < -0.39 is 17.5 Å². The van der Waals surface area contributed by atoms with Crippen molar-refractivity contribution < 1.29 is 18.0 Å². The van der Waals surface area contributed by atoms with Gasteiger partial charge < -0.3 is 9.73 Å². The molecule has 0 unspecified atom stereocenters. The second-order valence-electron chi connectivity index (χ2n) is 4.55. The van der Waals surface area contributed by atoms with Crippen LogP contribution in [0.5, 0.6) is 0 Å². The minimum Gasteiger partial charge on any atom is -0.431 e. The van der Waals surface area contributed by atoms with Crippen molar-refractivity contribution in [3.8, 4) is 0 Å². The number of aromatic nitrogens is 1. The van der Waals surface area contributed by atoms with Crippen molar-refractivity contribution in [3.05, 3.63) is 53.1 Å². The Kier molecular flexibility index (Phi) is 4.49. The molecule has 1 amide bonds. The fourth-order valence-corrected chi connectivity index (χ4v) is 2.65. The average Bonchev–Trinajstić information content (AvgIpc) is 2.91. The van der Waals surface area contributed by atoms with E-state index in [9.17, 15) is 13.6 Å². The molecule has 1 aromatic heterocycles. The summed E-state index contributed by atoms with van der Waals surface area (Å²) < 4.78 is 31.9. The fraction of sp³-hybridized carbons (Fsp3) is 0.0667. The van der Waals surface area contributed by atoms with Crippen LogP contribution >= 0.6 is 23.4 Å². The van der Waals surface area contributed by atoms with E-state index in [4.69, 9.17) is 16.0 Å². The van der Waals surface area contributed by atoms with E-state index in [0.29, 0.717) is 16.1 Å². The van der Waals surface area contributed by atoms with E-state index in [1.165, 1.54) is 0 Å². The zero-order chi connectivity index (χ0) is 16.4. The predicted octanol–water partition coefficient (Wildman–Crippen LogP) is 4.49. The quantitative estimate of drug-likeness (QED) is 0.701. The molecule has 1 heterocycles. The van der Waals surface area contributed by atoms with Crippen molar-refractivity contribution in [2.24, 2.45) is 0 Å². The van der Waals surface area contributed by atoms with Crippen LogP contribution in [-0.4, -0.2) is 16.6 Å². The number of nitrogens with zero attached hydrogens (tertiary/aromatic N) is 1. The number of halogens is 3. The van der Waals surface area contributed by atoms with Crippen LogP contribution < -0.4 is 5.32 Å². The number of carbonyl (C=O) groups excluding carboxylic acids is 1. The van der Waals surface area contributed by atoms with Crippen molar-refractivity contribution >= 4 is 46.1 Å². The van der Waals surface area contributed by atoms with Gasteiger partial charge in [0.15, 0.2) is 5.58 Å². The lowest BCUT2D eigenvalue weighted by Gasteiger charge is -2.05. The van der Waals surface area contributed by atoms with Crippen molar-refractivity contribution in [2.75, 3.05) is 11.1 Å². The summed E-state index contributed by atoms with van der Waals surface area (Å²) >= 11 is 6.89. The molecule has 118 valence electrons. The Balaban J connectivity index is 1.64. The van der Waals surface area contributed by atoms with Crippen molar-refractivity contribution in [2.45, 2.75) is 5.22 Å². The molecule has 0 bridgehead atoms. The van der Waals surface area contributed by atoms with Crippen LogP contribution in [0.15, 0.2) is 46.0 Å². The highest BCUT2D eigenvalue weighted by Gasteiger charge is 2.12. The van der Waals surface area contributed by atoms with E-state index in [2.05, 4.69) is 10.3 Å². The first kappa shape index (κ1) is 15.8. The Morgan fingerprint density at radius 1 is 1.26 bits per heavy atom. The Morgan fingerprint density at radius 2 is 2.09 bits per heavy atom. The fourth-order valence-electron chi connectivity index (χ4n) is 1.85. The largest absolute Gasteiger partial charge is 0.431 e. The number of thioether (sulfide) groups is 1. The SMILES string of the molecule is O=C(CSc1nc2ccc(Cl)cc2o1)Nc1cc(F)ccc1F. The molecule has 0 aliphatic heterocycles. The van der Waals surface area contributed by atoms with E-state index in [-0.39, 0.29) is 16.7 Å². The molecule has 0 radical (unpaired) electrons. The molecule has 1 N–H and O–H groups in total. The van der Waals surface area contributed by atoms with E-state index >= 15 is 0 Å². The molecule has 0 atom stereocenters. The summed E-state index contributed by atoms with van der Waals surface area (Å²) in [5, 5.41) is 3.11. The number of anilines is 1. The lowest BCUT2D eigenvalue weighted by molar-refractivity contribution is -0.113. The lowest BCUT2D eigenvalue weighted by atomic mass is 10.3. The molecule has 3 rings (SSSR count). The highest BCUT2D eigenvalue weighted by Crippen LogP contribution is 2.26. The lowest BCUT2D eigenvalue weighted by Crippen LogP contribution is -2.15. The molecular formula is C15H9ClF2N2O2S. The molecule has 0 saturated heterocycles. The molecule has 3 aromatic rings. The third kappa shape index (κ3) is 3.80. The number of hydrogen-bond acceptors (Lipinski definition) is 4. The van der Waals surface area contributed by atoms with Crippen molar-refractivity contribution in [1.29, 1.82) is 0 Å². The molecule has 4 nitrogen and oxygen atoms in total. The van der Waals surface area contributed by atoms with Crippen LogP contribution in [0.1, 0.15) is 0 Å². The summed E-state index contributed by atoms with van der Waals surface area (Å²) in [4.78, 5) is 16.0. The first-order chi connectivity index (χ1) is 11.0. The van der Waals surface area contributed by atoms with Crippen LogP contribution in [0.4, 0.5) is 14.5 Å². The van der Waals surface area contributed by atoms with E-state index in [1.54, 1.807) is 18.2 Å². The summed E-state index contributed by atoms with van der Waals surface area (Å²) in [6.07, 6.45) is 0. The number of amides is 1. The van der Waals surface area contributed by atoms with Gasteiger partial charge in [0.25, 0.3) is 5.22 Å². The maximum atomic E-state index is 13.4. The number of rotatable bonds is 4.